The molecular formula is C15H24N2O. The number of aryl methyl sites for hydroxylation is 1. The fraction of sp³-hybridized carbons (Fsp3) is 0.533. The van der Waals surface area contributed by atoms with Crippen LogP contribution in [-0.2, 0) is 11.3 Å². The quantitative estimate of drug-likeness (QED) is 0.866. The average molecular weight is 248 g/mol. The van der Waals surface area contributed by atoms with Crippen LogP contribution in [0.1, 0.15) is 29.2 Å². The van der Waals surface area contributed by atoms with Crippen molar-refractivity contribution in [2.75, 3.05) is 20.1 Å². The summed E-state index contributed by atoms with van der Waals surface area (Å²) in [5.41, 5.74) is 5.14. The van der Waals surface area contributed by atoms with Crippen molar-refractivity contribution in [1.29, 1.82) is 0 Å². The molecule has 0 aliphatic carbocycles. The van der Waals surface area contributed by atoms with Gasteiger partial charge in [-0.25, -0.2) is 0 Å². The Bertz CT molecular complexity index is 427. The summed E-state index contributed by atoms with van der Waals surface area (Å²) in [6.45, 7) is 10.3. The molecule has 0 bridgehead atoms. The molecule has 1 aromatic rings. The summed E-state index contributed by atoms with van der Waals surface area (Å²) in [4.78, 5) is 13.6. The summed E-state index contributed by atoms with van der Waals surface area (Å²) in [7, 11) is 1.86. The van der Waals surface area contributed by atoms with E-state index in [-0.39, 0.29) is 5.91 Å². The Labute approximate surface area is 110 Å². The van der Waals surface area contributed by atoms with Crippen LogP contribution >= 0.6 is 0 Å². The minimum atomic E-state index is 0.134. The first-order valence-corrected chi connectivity index (χ1v) is 6.47. The largest absolute Gasteiger partial charge is 0.340 e. The number of benzene rings is 1. The molecule has 0 unspecified atom stereocenters. The van der Waals surface area contributed by atoms with E-state index in [4.69, 9.17) is 0 Å². The number of carbonyl (C=O) groups is 1. The van der Waals surface area contributed by atoms with Gasteiger partial charge in [0.25, 0.3) is 0 Å². The Morgan fingerprint density at radius 2 is 1.89 bits per heavy atom. The first-order valence-electron chi connectivity index (χ1n) is 6.47. The summed E-state index contributed by atoms with van der Waals surface area (Å²) in [6, 6.07) is 4.25. The minimum absolute atomic E-state index is 0.134. The van der Waals surface area contributed by atoms with Crippen LogP contribution in [0.5, 0.6) is 0 Å². The number of likely N-dealkylation sites (N-methyl/N-ethyl adjacent to an activating group) is 2. The number of nitrogens with zero attached hydrogens (tertiary/aromatic N) is 1. The van der Waals surface area contributed by atoms with E-state index in [0.29, 0.717) is 13.1 Å². The number of hydrogen-bond donors (Lipinski definition) is 1. The van der Waals surface area contributed by atoms with E-state index in [1.54, 1.807) is 4.90 Å². The van der Waals surface area contributed by atoms with Crippen molar-refractivity contribution in [1.82, 2.24) is 10.2 Å². The first-order chi connectivity index (χ1) is 8.47. The standard InChI is InChI=1S/C15H24N2O/c1-6-16-9-15(18)17(5)10-14-8-7-11(2)12(3)13(14)4/h7-8,16H,6,9-10H2,1-5H3. The predicted molar refractivity (Wildman–Crippen MR) is 75.7 cm³/mol. The second-order valence-corrected chi connectivity index (χ2v) is 4.82. The molecule has 0 spiro atoms. The van der Waals surface area contributed by atoms with Crippen LogP contribution in [0.25, 0.3) is 0 Å². The van der Waals surface area contributed by atoms with Crippen molar-refractivity contribution in [2.45, 2.75) is 34.2 Å². The maximum absolute atomic E-state index is 11.8. The SMILES string of the molecule is CCNCC(=O)N(C)Cc1ccc(C)c(C)c1C. The zero-order chi connectivity index (χ0) is 13.7. The predicted octanol–water partition coefficient (Wildman–Crippen LogP) is 2.18. The molecule has 1 N–H and O–H groups in total. The van der Waals surface area contributed by atoms with E-state index >= 15 is 0 Å². The molecule has 1 aromatic carbocycles. The molecule has 0 aromatic heterocycles. The van der Waals surface area contributed by atoms with Gasteiger partial charge in [0, 0.05) is 13.6 Å². The highest BCUT2D eigenvalue weighted by atomic mass is 16.2. The Morgan fingerprint density at radius 3 is 2.50 bits per heavy atom. The molecule has 3 nitrogen and oxygen atoms in total. The summed E-state index contributed by atoms with van der Waals surface area (Å²) >= 11 is 0. The maximum atomic E-state index is 11.8. The molecule has 0 heterocycles. The van der Waals surface area contributed by atoms with E-state index in [9.17, 15) is 4.79 Å². The molecule has 0 saturated heterocycles. The molecule has 0 radical (unpaired) electrons. The summed E-state index contributed by atoms with van der Waals surface area (Å²) in [5.74, 6) is 0.134. The molecule has 3 heteroatoms. The lowest BCUT2D eigenvalue weighted by atomic mass is 9.98. The second-order valence-electron chi connectivity index (χ2n) is 4.82. The third-order valence-corrected chi connectivity index (χ3v) is 3.53. The van der Waals surface area contributed by atoms with Crippen LogP contribution in [0.4, 0.5) is 0 Å². The zero-order valence-corrected chi connectivity index (χ0v) is 12.1. The zero-order valence-electron chi connectivity index (χ0n) is 12.1. The van der Waals surface area contributed by atoms with E-state index in [1.165, 1.54) is 22.3 Å². The van der Waals surface area contributed by atoms with E-state index in [0.717, 1.165) is 6.54 Å². The molecule has 18 heavy (non-hydrogen) atoms. The first kappa shape index (κ1) is 14.7. The highest BCUT2D eigenvalue weighted by molar-refractivity contribution is 5.78. The van der Waals surface area contributed by atoms with Gasteiger partial charge in [0.05, 0.1) is 6.54 Å². The molecular weight excluding hydrogens is 224 g/mol. The van der Waals surface area contributed by atoms with Crippen molar-refractivity contribution >= 4 is 5.91 Å². The summed E-state index contributed by atoms with van der Waals surface area (Å²) < 4.78 is 0. The third-order valence-electron chi connectivity index (χ3n) is 3.53. The van der Waals surface area contributed by atoms with Crippen LogP contribution < -0.4 is 5.32 Å². The number of rotatable bonds is 5. The van der Waals surface area contributed by atoms with Gasteiger partial charge >= 0.3 is 0 Å². The lowest BCUT2D eigenvalue weighted by Crippen LogP contribution is -2.35. The normalized spacial score (nSPS) is 10.5. The molecule has 1 amide bonds. The van der Waals surface area contributed by atoms with Crippen LogP contribution in [-0.4, -0.2) is 30.9 Å². The van der Waals surface area contributed by atoms with Gasteiger partial charge in [0.1, 0.15) is 0 Å². The number of hydrogen-bond acceptors (Lipinski definition) is 2. The van der Waals surface area contributed by atoms with Crippen molar-refractivity contribution in [3.05, 3.63) is 34.4 Å². The van der Waals surface area contributed by atoms with Gasteiger partial charge < -0.3 is 10.2 Å². The van der Waals surface area contributed by atoms with Crippen molar-refractivity contribution < 1.29 is 4.79 Å². The molecule has 0 atom stereocenters. The van der Waals surface area contributed by atoms with Crippen LogP contribution in [0.2, 0.25) is 0 Å². The fourth-order valence-corrected chi connectivity index (χ4v) is 1.89. The third kappa shape index (κ3) is 3.57. The van der Waals surface area contributed by atoms with E-state index in [1.807, 2.05) is 14.0 Å². The van der Waals surface area contributed by atoms with Crippen LogP contribution in [0.15, 0.2) is 12.1 Å². The topological polar surface area (TPSA) is 32.3 Å². The molecule has 0 aliphatic heterocycles. The smallest absolute Gasteiger partial charge is 0.236 e. The van der Waals surface area contributed by atoms with Crippen molar-refractivity contribution in [3.8, 4) is 0 Å². The fourth-order valence-electron chi connectivity index (χ4n) is 1.89. The Hall–Kier alpha value is -1.35. The molecule has 100 valence electrons. The Morgan fingerprint density at radius 1 is 1.22 bits per heavy atom. The van der Waals surface area contributed by atoms with Gasteiger partial charge in [-0.15, -0.1) is 0 Å². The number of nitrogens with one attached hydrogen (secondary N) is 1. The molecule has 0 aliphatic rings. The van der Waals surface area contributed by atoms with Crippen molar-refractivity contribution in [3.63, 3.8) is 0 Å². The van der Waals surface area contributed by atoms with Gasteiger partial charge in [0.15, 0.2) is 0 Å². The Kier molecular flexibility index (Phi) is 5.35. The highest BCUT2D eigenvalue weighted by Gasteiger charge is 2.11. The summed E-state index contributed by atoms with van der Waals surface area (Å²) in [6.07, 6.45) is 0. The second kappa shape index (κ2) is 6.55. The van der Waals surface area contributed by atoms with Gasteiger partial charge in [-0.2, -0.15) is 0 Å². The van der Waals surface area contributed by atoms with Gasteiger partial charge in [-0.05, 0) is 49.6 Å². The minimum Gasteiger partial charge on any atom is -0.340 e. The van der Waals surface area contributed by atoms with Gasteiger partial charge in [-0.3, -0.25) is 4.79 Å². The Balaban J connectivity index is 2.73. The van der Waals surface area contributed by atoms with Crippen LogP contribution in [0, 0.1) is 20.8 Å². The maximum Gasteiger partial charge on any atom is 0.236 e. The van der Waals surface area contributed by atoms with E-state index in [2.05, 4.69) is 38.2 Å². The number of carbonyl (C=O) groups excluding carboxylic acids is 1. The monoisotopic (exact) mass is 248 g/mol. The lowest BCUT2D eigenvalue weighted by Gasteiger charge is -2.20. The average Bonchev–Trinajstić information content (AvgIpc) is 2.36. The van der Waals surface area contributed by atoms with Crippen LogP contribution in [0.3, 0.4) is 0 Å². The molecule has 0 fully saturated rings. The van der Waals surface area contributed by atoms with E-state index < -0.39 is 0 Å². The number of amides is 1. The molecule has 1 rings (SSSR count). The summed E-state index contributed by atoms with van der Waals surface area (Å²) in [5, 5.41) is 3.06. The lowest BCUT2D eigenvalue weighted by molar-refractivity contribution is -0.129. The highest BCUT2D eigenvalue weighted by Crippen LogP contribution is 2.18. The van der Waals surface area contributed by atoms with Crippen molar-refractivity contribution in [2.24, 2.45) is 0 Å². The molecule has 0 saturated carbocycles. The van der Waals surface area contributed by atoms with Gasteiger partial charge in [0.2, 0.25) is 5.91 Å². The van der Waals surface area contributed by atoms with Gasteiger partial charge in [-0.1, -0.05) is 19.1 Å².